The van der Waals surface area contributed by atoms with E-state index in [1.165, 1.54) is 0 Å². The first-order chi connectivity index (χ1) is 8.24. The zero-order chi connectivity index (χ0) is 12.3. The van der Waals surface area contributed by atoms with Gasteiger partial charge < -0.3 is 15.2 Å². The second kappa shape index (κ2) is 5.12. The van der Waals surface area contributed by atoms with Crippen molar-refractivity contribution in [2.24, 2.45) is 5.73 Å². The molecular formula is C13H20N2O2. The minimum Gasteiger partial charge on any atom is -0.345 e. The third kappa shape index (κ3) is 2.08. The smallest absolute Gasteiger partial charge is 0.212 e. The number of hydrogen-bond donors (Lipinski definition) is 1. The maximum absolute atomic E-state index is 6.22. The third-order valence-electron chi connectivity index (χ3n) is 3.16. The highest BCUT2D eigenvalue weighted by molar-refractivity contribution is 5.30. The van der Waals surface area contributed by atoms with Crippen LogP contribution in [0.4, 0.5) is 0 Å². The topological polar surface area (TPSA) is 57.4 Å². The second-order valence-electron chi connectivity index (χ2n) is 4.18. The number of aromatic nitrogens is 1. The van der Waals surface area contributed by atoms with Crippen LogP contribution in [-0.4, -0.2) is 24.2 Å². The van der Waals surface area contributed by atoms with Crippen LogP contribution in [0.15, 0.2) is 18.3 Å². The summed E-state index contributed by atoms with van der Waals surface area (Å²) in [6.45, 7) is 5.06. The molecule has 1 heterocycles. The van der Waals surface area contributed by atoms with Gasteiger partial charge in [0, 0.05) is 30.7 Å². The van der Waals surface area contributed by atoms with E-state index in [9.17, 15) is 0 Å². The largest absolute Gasteiger partial charge is 0.345 e. The lowest BCUT2D eigenvalue weighted by molar-refractivity contribution is -0.259. The predicted octanol–water partition coefficient (Wildman–Crippen LogP) is 1.58. The number of rotatable bonds is 4. The van der Waals surface area contributed by atoms with Gasteiger partial charge >= 0.3 is 0 Å². The number of aryl methyl sites for hydroxylation is 1. The quantitative estimate of drug-likeness (QED) is 0.806. The standard InChI is InChI=1S/C13H20N2O2/c1-3-16-13(17-4-2)10-6-5-9-15-11(10)7-8-12(13)14/h5-6,9,12H,3-4,7-8,14H2,1-2H3. The lowest BCUT2D eigenvalue weighted by Gasteiger charge is -2.42. The molecule has 1 aliphatic rings. The van der Waals surface area contributed by atoms with E-state index in [2.05, 4.69) is 4.98 Å². The van der Waals surface area contributed by atoms with Crippen LogP contribution in [0.3, 0.4) is 0 Å². The van der Waals surface area contributed by atoms with Crippen molar-refractivity contribution < 1.29 is 9.47 Å². The summed E-state index contributed by atoms with van der Waals surface area (Å²) in [6, 6.07) is 3.77. The van der Waals surface area contributed by atoms with Crippen molar-refractivity contribution in [2.45, 2.75) is 38.5 Å². The number of nitrogens with zero attached hydrogens (tertiary/aromatic N) is 1. The average molecular weight is 236 g/mol. The van der Waals surface area contributed by atoms with Crippen molar-refractivity contribution in [1.82, 2.24) is 4.98 Å². The Morgan fingerprint density at radius 2 is 2.12 bits per heavy atom. The van der Waals surface area contributed by atoms with Gasteiger partial charge in [0.25, 0.3) is 0 Å². The van der Waals surface area contributed by atoms with Crippen LogP contribution in [0.25, 0.3) is 0 Å². The van der Waals surface area contributed by atoms with Crippen molar-refractivity contribution in [3.05, 3.63) is 29.6 Å². The van der Waals surface area contributed by atoms with Crippen molar-refractivity contribution in [3.8, 4) is 0 Å². The molecule has 0 bridgehead atoms. The summed E-state index contributed by atoms with van der Waals surface area (Å²) in [5, 5.41) is 0. The Labute approximate surface area is 102 Å². The lowest BCUT2D eigenvalue weighted by Crippen LogP contribution is -2.52. The molecule has 94 valence electrons. The SMILES string of the molecule is CCOC1(OCC)c2cccnc2CCC1N. The number of nitrogens with two attached hydrogens (primary N) is 1. The minimum atomic E-state index is -0.814. The van der Waals surface area contributed by atoms with E-state index < -0.39 is 5.79 Å². The molecule has 1 aromatic rings. The van der Waals surface area contributed by atoms with E-state index in [1.807, 2.05) is 26.0 Å². The van der Waals surface area contributed by atoms with E-state index in [-0.39, 0.29) is 6.04 Å². The summed E-state index contributed by atoms with van der Waals surface area (Å²) >= 11 is 0. The summed E-state index contributed by atoms with van der Waals surface area (Å²) in [5.74, 6) is -0.814. The highest BCUT2D eigenvalue weighted by atomic mass is 16.7. The Morgan fingerprint density at radius 3 is 2.76 bits per heavy atom. The van der Waals surface area contributed by atoms with E-state index in [0.29, 0.717) is 13.2 Å². The van der Waals surface area contributed by atoms with Crippen LogP contribution in [0.1, 0.15) is 31.5 Å². The Hall–Kier alpha value is -0.970. The number of hydrogen-bond acceptors (Lipinski definition) is 4. The van der Waals surface area contributed by atoms with Crippen molar-refractivity contribution in [1.29, 1.82) is 0 Å². The highest BCUT2D eigenvalue weighted by Crippen LogP contribution is 2.37. The lowest BCUT2D eigenvalue weighted by atomic mass is 9.86. The maximum atomic E-state index is 6.22. The molecular weight excluding hydrogens is 216 g/mol. The normalized spacial score (nSPS) is 22.2. The average Bonchev–Trinajstić information content (AvgIpc) is 2.35. The van der Waals surface area contributed by atoms with Crippen molar-refractivity contribution >= 4 is 0 Å². The van der Waals surface area contributed by atoms with E-state index in [1.54, 1.807) is 6.20 Å². The van der Waals surface area contributed by atoms with E-state index >= 15 is 0 Å². The predicted molar refractivity (Wildman–Crippen MR) is 65.5 cm³/mol. The molecule has 0 fully saturated rings. The molecule has 0 amide bonds. The van der Waals surface area contributed by atoms with Crippen molar-refractivity contribution in [2.75, 3.05) is 13.2 Å². The summed E-state index contributed by atoms with van der Waals surface area (Å²) in [5.41, 5.74) is 8.25. The zero-order valence-electron chi connectivity index (χ0n) is 10.5. The van der Waals surface area contributed by atoms with Gasteiger partial charge in [-0.05, 0) is 32.8 Å². The molecule has 1 aliphatic carbocycles. The number of fused-ring (bicyclic) bond motifs is 1. The van der Waals surface area contributed by atoms with Crippen molar-refractivity contribution in [3.63, 3.8) is 0 Å². The Balaban J connectivity index is 2.47. The van der Waals surface area contributed by atoms with Crippen LogP contribution in [-0.2, 0) is 21.7 Å². The monoisotopic (exact) mass is 236 g/mol. The van der Waals surface area contributed by atoms with Crippen LogP contribution >= 0.6 is 0 Å². The van der Waals surface area contributed by atoms with Crippen LogP contribution in [0, 0.1) is 0 Å². The molecule has 1 unspecified atom stereocenters. The fraction of sp³-hybridized carbons (Fsp3) is 0.615. The second-order valence-corrected chi connectivity index (χ2v) is 4.18. The summed E-state index contributed by atoms with van der Waals surface area (Å²) in [6.07, 6.45) is 3.53. The van der Waals surface area contributed by atoms with Crippen LogP contribution < -0.4 is 5.73 Å². The first-order valence-electron chi connectivity index (χ1n) is 6.22. The molecule has 0 saturated heterocycles. The Morgan fingerprint density at radius 1 is 1.41 bits per heavy atom. The van der Waals surface area contributed by atoms with Gasteiger partial charge in [-0.2, -0.15) is 0 Å². The highest BCUT2D eigenvalue weighted by Gasteiger charge is 2.45. The van der Waals surface area contributed by atoms with Crippen LogP contribution in [0.2, 0.25) is 0 Å². The summed E-state index contributed by atoms with van der Waals surface area (Å²) in [4.78, 5) is 4.40. The van der Waals surface area contributed by atoms with Gasteiger partial charge in [0.2, 0.25) is 5.79 Å². The maximum Gasteiger partial charge on any atom is 0.212 e. The molecule has 0 radical (unpaired) electrons. The van der Waals surface area contributed by atoms with Gasteiger partial charge in [-0.25, -0.2) is 0 Å². The summed E-state index contributed by atoms with van der Waals surface area (Å²) < 4.78 is 11.7. The molecule has 17 heavy (non-hydrogen) atoms. The first-order valence-corrected chi connectivity index (χ1v) is 6.22. The molecule has 2 N–H and O–H groups in total. The van der Waals surface area contributed by atoms with Gasteiger partial charge in [-0.3, -0.25) is 4.98 Å². The van der Waals surface area contributed by atoms with E-state index in [0.717, 1.165) is 24.1 Å². The molecule has 2 rings (SSSR count). The molecule has 0 aromatic carbocycles. The van der Waals surface area contributed by atoms with Gasteiger partial charge in [0.05, 0.1) is 6.04 Å². The molecule has 0 aliphatic heterocycles. The van der Waals surface area contributed by atoms with Gasteiger partial charge in [-0.1, -0.05) is 6.07 Å². The fourth-order valence-corrected chi connectivity index (χ4v) is 2.48. The Bertz CT molecular complexity index is 375. The fourth-order valence-electron chi connectivity index (χ4n) is 2.48. The number of ether oxygens (including phenoxy) is 2. The van der Waals surface area contributed by atoms with Gasteiger partial charge in [0.1, 0.15) is 0 Å². The van der Waals surface area contributed by atoms with Crippen LogP contribution in [0.5, 0.6) is 0 Å². The summed E-state index contributed by atoms with van der Waals surface area (Å²) in [7, 11) is 0. The molecule has 0 spiro atoms. The number of pyridine rings is 1. The third-order valence-corrected chi connectivity index (χ3v) is 3.16. The van der Waals surface area contributed by atoms with Gasteiger partial charge in [0.15, 0.2) is 0 Å². The van der Waals surface area contributed by atoms with Gasteiger partial charge in [-0.15, -0.1) is 0 Å². The Kier molecular flexibility index (Phi) is 3.76. The molecule has 0 saturated carbocycles. The molecule has 1 atom stereocenters. The first kappa shape index (κ1) is 12.5. The molecule has 1 aromatic heterocycles. The zero-order valence-corrected chi connectivity index (χ0v) is 10.5. The minimum absolute atomic E-state index is 0.140. The van der Waals surface area contributed by atoms with E-state index in [4.69, 9.17) is 15.2 Å². The molecule has 4 heteroatoms. The molecule has 4 nitrogen and oxygen atoms in total.